The Balaban J connectivity index is 1.37. The minimum absolute atomic E-state index is 0.970. The van der Waals surface area contributed by atoms with Gasteiger partial charge in [-0.05, 0) is 31.4 Å². The Labute approximate surface area is 141 Å². The number of anilines is 1. The Morgan fingerprint density at radius 2 is 1.96 bits per heavy atom. The van der Waals surface area contributed by atoms with Crippen LogP contribution < -0.4 is 9.64 Å². The Bertz CT molecular complexity index is 655. The fourth-order valence-corrected chi connectivity index (χ4v) is 4.74. The molecule has 1 saturated heterocycles. The van der Waals surface area contributed by atoms with E-state index in [1.807, 2.05) is 23.5 Å². The summed E-state index contributed by atoms with van der Waals surface area (Å²) >= 11 is 1.93. The van der Waals surface area contributed by atoms with Crippen molar-refractivity contribution >= 4 is 17.0 Å². The van der Waals surface area contributed by atoms with Crippen LogP contribution in [-0.2, 0) is 19.4 Å². The van der Waals surface area contributed by atoms with Gasteiger partial charge in [-0.25, -0.2) is 4.98 Å². The maximum Gasteiger partial charge on any atom is 0.142 e. The lowest BCUT2D eigenvalue weighted by molar-refractivity contribution is 0.248. The molecule has 0 amide bonds. The maximum atomic E-state index is 5.49. The molecular formula is C18H23N3OS. The summed E-state index contributed by atoms with van der Waals surface area (Å²) < 4.78 is 5.49. The molecule has 5 heteroatoms. The van der Waals surface area contributed by atoms with Gasteiger partial charge in [0.05, 0.1) is 25.0 Å². The fraction of sp³-hybridized carbons (Fsp3) is 0.500. The number of aromatic nitrogens is 1. The lowest BCUT2D eigenvalue weighted by Crippen LogP contribution is -2.46. The predicted octanol–water partition coefficient (Wildman–Crippen LogP) is 2.96. The van der Waals surface area contributed by atoms with Gasteiger partial charge in [-0.15, -0.1) is 11.3 Å². The van der Waals surface area contributed by atoms with Crippen molar-refractivity contribution in [3.8, 4) is 5.75 Å². The number of methoxy groups -OCH3 is 1. The Kier molecular flexibility index (Phi) is 4.23. The molecule has 1 fully saturated rings. The largest absolute Gasteiger partial charge is 0.495 e. The van der Waals surface area contributed by atoms with Crippen LogP contribution in [0.15, 0.2) is 24.3 Å². The zero-order valence-corrected chi connectivity index (χ0v) is 14.4. The molecule has 2 heterocycles. The molecule has 0 spiro atoms. The van der Waals surface area contributed by atoms with Crippen molar-refractivity contribution in [2.75, 3.05) is 38.2 Å². The van der Waals surface area contributed by atoms with Gasteiger partial charge in [0.2, 0.25) is 0 Å². The average Bonchev–Trinajstić information content (AvgIpc) is 3.17. The first-order valence-corrected chi connectivity index (χ1v) is 9.23. The highest BCUT2D eigenvalue weighted by atomic mass is 32.1. The molecule has 0 unspecified atom stereocenters. The van der Waals surface area contributed by atoms with Crippen LogP contribution >= 0.6 is 11.3 Å². The number of nitrogens with zero attached hydrogens (tertiary/aromatic N) is 3. The molecule has 2 aromatic rings. The standard InChI is InChI=1S/C18H23N3OS/c1-22-16-7-3-2-6-15(16)21-11-9-20(10-12-21)13-18-19-14-5-4-8-17(14)23-18/h2-3,6-7H,4-5,8-13H2,1H3. The molecule has 23 heavy (non-hydrogen) atoms. The number of para-hydroxylation sites is 2. The minimum atomic E-state index is 0.970. The first-order chi connectivity index (χ1) is 11.3. The summed E-state index contributed by atoms with van der Waals surface area (Å²) in [7, 11) is 1.75. The van der Waals surface area contributed by atoms with E-state index in [0.29, 0.717) is 0 Å². The van der Waals surface area contributed by atoms with E-state index in [-0.39, 0.29) is 0 Å². The number of rotatable bonds is 4. The number of hydrogen-bond donors (Lipinski definition) is 0. The van der Waals surface area contributed by atoms with Gasteiger partial charge in [-0.2, -0.15) is 0 Å². The smallest absolute Gasteiger partial charge is 0.142 e. The van der Waals surface area contributed by atoms with Crippen molar-refractivity contribution < 1.29 is 4.74 Å². The van der Waals surface area contributed by atoms with Gasteiger partial charge >= 0.3 is 0 Å². The van der Waals surface area contributed by atoms with Crippen molar-refractivity contribution in [3.63, 3.8) is 0 Å². The molecule has 1 aromatic heterocycles. The van der Waals surface area contributed by atoms with Crippen LogP contribution in [0.25, 0.3) is 0 Å². The monoisotopic (exact) mass is 329 g/mol. The molecule has 0 radical (unpaired) electrons. The van der Waals surface area contributed by atoms with E-state index in [0.717, 1.165) is 38.5 Å². The molecule has 4 rings (SSSR count). The first kappa shape index (κ1) is 15.0. The van der Waals surface area contributed by atoms with Crippen LogP contribution in [0.3, 0.4) is 0 Å². The zero-order chi connectivity index (χ0) is 15.6. The number of hydrogen-bond acceptors (Lipinski definition) is 5. The molecule has 2 aliphatic rings. The molecule has 1 aliphatic heterocycles. The number of aryl methyl sites for hydroxylation is 2. The molecule has 122 valence electrons. The van der Waals surface area contributed by atoms with E-state index in [1.54, 1.807) is 7.11 Å². The quantitative estimate of drug-likeness (QED) is 0.862. The number of piperazine rings is 1. The molecule has 0 N–H and O–H groups in total. The second kappa shape index (κ2) is 6.49. The number of fused-ring (bicyclic) bond motifs is 1. The molecule has 1 aromatic carbocycles. The third-order valence-corrected chi connectivity index (χ3v) is 5.94. The summed E-state index contributed by atoms with van der Waals surface area (Å²) in [4.78, 5) is 11.3. The van der Waals surface area contributed by atoms with Gasteiger partial charge in [-0.1, -0.05) is 12.1 Å². The van der Waals surface area contributed by atoms with E-state index < -0.39 is 0 Å². The normalized spacial score (nSPS) is 18.2. The molecule has 4 nitrogen and oxygen atoms in total. The van der Waals surface area contributed by atoms with E-state index in [4.69, 9.17) is 9.72 Å². The second-order valence-electron chi connectivity index (χ2n) is 6.27. The lowest BCUT2D eigenvalue weighted by Gasteiger charge is -2.36. The predicted molar refractivity (Wildman–Crippen MR) is 94.6 cm³/mol. The van der Waals surface area contributed by atoms with E-state index in [1.165, 1.54) is 40.5 Å². The lowest BCUT2D eigenvalue weighted by atomic mass is 10.2. The Morgan fingerprint density at radius 3 is 2.74 bits per heavy atom. The van der Waals surface area contributed by atoms with Crippen LogP contribution in [0.1, 0.15) is 22.0 Å². The van der Waals surface area contributed by atoms with Crippen LogP contribution in [0.5, 0.6) is 5.75 Å². The summed E-state index contributed by atoms with van der Waals surface area (Å²) in [6.45, 7) is 5.28. The number of thiazole rings is 1. The van der Waals surface area contributed by atoms with Gasteiger partial charge < -0.3 is 9.64 Å². The highest BCUT2D eigenvalue weighted by Crippen LogP contribution is 2.30. The van der Waals surface area contributed by atoms with Crippen molar-refractivity contribution in [2.24, 2.45) is 0 Å². The van der Waals surface area contributed by atoms with Crippen LogP contribution in [0, 0.1) is 0 Å². The number of benzene rings is 1. The van der Waals surface area contributed by atoms with Gasteiger partial charge in [-0.3, -0.25) is 4.90 Å². The first-order valence-electron chi connectivity index (χ1n) is 8.41. The Morgan fingerprint density at radius 1 is 1.13 bits per heavy atom. The topological polar surface area (TPSA) is 28.6 Å². The summed E-state index contributed by atoms with van der Waals surface area (Å²) in [6, 6.07) is 8.31. The van der Waals surface area contributed by atoms with Crippen molar-refractivity contribution in [1.82, 2.24) is 9.88 Å². The van der Waals surface area contributed by atoms with Crippen LogP contribution in [-0.4, -0.2) is 43.2 Å². The van der Waals surface area contributed by atoms with Crippen molar-refractivity contribution in [3.05, 3.63) is 39.8 Å². The highest BCUT2D eigenvalue weighted by Gasteiger charge is 2.22. The van der Waals surface area contributed by atoms with Crippen LogP contribution in [0.4, 0.5) is 5.69 Å². The maximum absolute atomic E-state index is 5.49. The van der Waals surface area contributed by atoms with Crippen molar-refractivity contribution in [2.45, 2.75) is 25.8 Å². The summed E-state index contributed by atoms with van der Waals surface area (Å²) in [5.74, 6) is 0.970. The molecular weight excluding hydrogens is 306 g/mol. The van der Waals surface area contributed by atoms with E-state index in [2.05, 4.69) is 21.9 Å². The minimum Gasteiger partial charge on any atom is -0.495 e. The molecule has 0 bridgehead atoms. The van der Waals surface area contributed by atoms with Crippen molar-refractivity contribution in [1.29, 1.82) is 0 Å². The van der Waals surface area contributed by atoms with E-state index >= 15 is 0 Å². The number of ether oxygens (including phenoxy) is 1. The third kappa shape index (κ3) is 3.08. The van der Waals surface area contributed by atoms with Gasteiger partial charge in [0.25, 0.3) is 0 Å². The van der Waals surface area contributed by atoms with Crippen LogP contribution in [0.2, 0.25) is 0 Å². The Hall–Kier alpha value is -1.59. The summed E-state index contributed by atoms with van der Waals surface area (Å²) in [6.07, 6.45) is 3.73. The summed E-state index contributed by atoms with van der Waals surface area (Å²) in [5, 5.41) is 1.31. The zero-order valence-electron chi connectivity index (χ0n) is 13.6. The average molecular weight is 329 g/mol. The highest BCUT2D eigenvalue weighted by molar-refractivity contribution is 7.11. The van der Waals surface area contributed by atoms with Gasteiger partial charge in [0.15, 0.2) is 0 Å². The molecule has 0 saturated carbocycles. The third-order valence-electron chi connectivity index (χ3n) is 4.80. The SMILES string of the molecule is COc1ccccc1N1CCN(Cc2nc3c(s2)CCC3)CC1. The summed E-state index contributed by atoms with van der Waals surface area (Å²) in [5.41, 5.74) is 2.58. The van der Waals surface area contributed by atoms with Gasteiger partial charge in [0, 0.05) is 31.1 Å². The van der Waals surface area contributed by atoms with Gasteiger partial charge in [0.1, 0.15) is 10.8 Å². The molecule has 1 aliphatic carbocycles. The second-order valence-corrected chi connectivity index (χ2v) is 7.43. The molecule has 0 atom stereocenters. The fourth-order valence-electron chi connectivity index (χ4n) is 3.54. The van der Waals surface area contributed by atoms with E-state index in [9.17, 15) is 0 Å².